The first kappa shape index (κ1) is 19.4. The van der Waals surface area contributed by atoms with E-state index in [0.29, 0.717) is 22.4 Å². The predicted molar refractivity (Wildman–Crippen MR) is 101 cm³/mol. The van der Waals surface area contributed by atoms with E-state index in [2.05, 4.69) is 9.97 Å². The van der Waals surface area contributed by atoms with Crippen LogP contribution in [0.15, 0.2) is 63.4 Å². The van der Waals surface area contributed by atoms with E-state index in [0.717, 1.165) is 6.26 Å². The summed E-state index contributed by atoms with van der Waals surface area (Å²) in [5.74, 6) is 0.602. The van der Waals surface area contributed by atoms with Crippen LogP contribution in [0.1, 0.15) is 16.1 Å². The van der Waals surface area contributed by atoms with Crippen molar-refractivity contribution in [1.82, 2.24) is 9.97 Å². The largest absolute Gasteiger partial charge is 0.497 e. The fourth-order valence-electron chi connectivity index (χ4n) is 2.21. The van der Waals surface area contributed by atoms with Crippen LogP contribution in [0.3, 0.4) is 0 Å². The Balaban J connectivity index is 1.71. The quantitative estimate of drug-likeness (QED) is 0.336. The number of aromatic nitrogens is 2. The standard InChI is InChI=1S/C19H16N2O6S/c1-24-12-4-5-14(16(9-12)25-2)18(23)27-17-10-26-13(8-15(17)22)11-28-19-20-6-3-7-21-19/h3-10H,11H2,1-2H3. The molecule has 0 aliphatic heterocycles. The summed E-state index contributed by atoms with van der Waals surface area (Å²) in [6, 6.07) is 7.61. The number of ether oxygens (including phenoxy) is 3. The molecule has 0 N–H and O–H groups in total. The first-order valence-electron chi connectivity index (χ1n) is 8.06. The molecule has 3 aromatic rings. The molecule has 28 heavy (non-hydrogen) atoms. The van der Waals surface area contributed by atoms with Crippen molar-refractivity contribution in [1.29, 1.82) is 0 Å². The highest BCUT2D eigenvalue weighted by Crippen LogP contribution is 2.25. The van der Waals surface area contributed by atoms with E-state index in [1.54, 1.807) is 30.6 Å². The monoisotopic (exact) mass is 400 g/mol. The first-order valence-corrected chi connectivity index (χ1v) is 9.05. The van der Waals surface area contributed by atoms with Gasteiger partial charge < -0.3 is 18.6 Å². The van der Waals surface area contributed by atoms with Crippen LogP contribution in [-0.2, 0) is 5.75 Å². The van der Waals surface area contributed by atoms with Gasteiger partial charge in [-0.15, -0.1) is 0 Å². The number of nitrogens with zero attached hydrogens (tertiary/aromatic N) is 2. The first-order chi connectivity index (χ1) is 13.6. The average Bonchev–Trinajstić information content (AvgIpc) is 2.74. The van der Waals surface area contributed by atoms with Gasteiger partial charge in [-0.3, -0.25) is 4.79 Å². The number of methoxy groups -OCH3 is 2. The maximum atomic E-state index is 12.4. The summed E-state index contributed by atoms with van der Waals surface area (Å²) in [7, 11) is 2.92. The van der Waals surface area contributed by atoms with Crippen LogP contribution in [0.4, 0.5) is 0 Å². The average molecular weight is 400 g/mol. The number of thioether (sulfide) groups is 1. The molecule has 3 rings (SSSR count). The molecule has 0 atom stereocenters. The summed E-state index contributed by atoms with van der Waals surface area (Å²) in [6.45, 7) is 0. The number of hydrogen-bond donors (Lipinski definition) is 0. The van der Waals surface area contributed by atoms with E-state index in [9.17, 15) is 9.59 Å². The van der Waals surface area contributed by atoms with Crippen molar-refractivity contribution >= 4 is 17.7 Å². The lowest BCUT2D eigenvalue weighted by Crippen LogP contribution is -2.15. The molecule has 2 heterocycles. The topological polar surface area (TPSA) is 101 Å². The zero-order valence-corrected chi connectivity index (χ0v) is 15.9. The second kappa shape index (κ2) is 9.05. The molecule has 8 nitrogen and oxygen atoms in total. The number of carbonyl (C=O) groups is 1. The molecule has 0 spiro atoms. The Bertz CT molecular complexity index is 1020. The molecule has 9 heteroatoms. The van der Waals surface area contributed by atoms with Crippen LogP contribution in [-0.4, -0.2) is 30.2 Å². The van der Waals surface area contributed by atoms with Gasteiger partial charge in [0, 0.05) is 24.5 Å². The molecule has 0 fully saturated rings. The summed E-state index contributed by atoms with van der Waals surface area (Å²) >= 11 is 1.32. The Kier molecular flexibility index (Phi) is 6.28. The Labute approximate surface area is 164 Å². The van der Waals surface area contributed by atoms with E-state index in [1.165, 1.54) is 38.1 Å². The van der Waals surface area contributed by atoms with Gasteiger partial charge in [0.2, 0.25) is 11.2 Å². The minimum Gasteiger partial charge on any atom is -0.497 e. The van der Waals surface area contributed by atoms with Crippen LogP contribution in [0.25, 0.3) is 0 Å². The maximum Gasteiger partial charge on any atom is 0.347 e. The fraction of sp³-hybridized carbons (Fsp3) is 0.158. The van der Waals surface area contributed by atoms with Crippen LogP contribution in [0.5, 0.6) is 17.2 Å². The number of esters is 1. The van der Waals surface area contributed by atoms with E-state index in [-0.39, 0.29) is 17.1 Å². The van der Waals surface area contributed by atoms with Gasteiger partial charge in [-0.05, 0) is 18.2 Å². The summed E-state index contributed by atoms with van der Waals surface area (Å²) in [4.78, 5) is 32.8. The predicted octanol–water partition coefficient (Wildman–Crippen LogP) is 2.96. The SMILES string of the molecule is COc1ccc(C(=O)Oc2coc(CSc3ncccn3)cc2=O)c(OC)c1. The number of benzene rings is 1. The lowest BCUT2D eigenvalue weighted by atomic mass is 10.2. The lowest BCUT2D eigenvalue weighted by molar-refractivity contribution is 0.0725. The van der Waals surface area contributed by atoms with Gasteiger partial charge in [-0.25, -0.2) is 14.8 Å². The smallest absolute Gasteiger partial charge is 0.347 e. The van der Waals surface area contributed by atoms with Crippen LogP contribution in [0, 0.1) is 0 Å². The molecule has 0 bridgehead atoms. The zero-order chi connectivity index (χ0) is 19.9. The molecular formula is C19H16N2O6S. The number of carbonyl (C=O) groups excluding carboxylic acids is 1. The lowest BCUT2D eigenvalue weighted by Gasteiger charge is -2.09. The fourth-order valence-corrected chi connectivity index (χ4v) is 2.90. The van der Waals surface area contributed by atoms with Crippen LogP contribution in [0.2, 0.25) is 0 Å². The minimum atomic E-state index is -0.744. The molecule has 0 aliphatic rings. The molecule has 1 aromatic carbocycles. The molecular weight excluding hydrogens is 384 g/mol. The van der Waals surface area contributed by atoms with Crippen molar-refractivity contribution < 1.29 is 23.4 Å². The third kappa shape index (κ3) is 4.68. The molecule has 0 saturated carbocycles. The Morgan fingerprint density at radius 1 is 1.11 bits per heavy atom. The molecule has 0 aliphatic carbocycles. The van der Waals surface area contributed by atoms with Gasteiger partial charge in [0.25, 0.3) is 0 Å². The Hall–Kier alpha value is -3.33. The van der Waals surface area contributed by atoms with Crippen molar-refractivity contribution in [2.75, 3.05) is 14.2 Å². The normalized spacial score (nSPS) is 10.4. The second-order valence-corrected chi connectivity index (χ2v) is 6.29. The van der Waals surface area contributed by atoms with Gasteiger partial charge in [0.1, 0.15) is 29.1 Å². The van der Waals surface area contributed by atoms with Gasteiger partial charge >= 0.3 is 5.97 Å². The zero-order valence-electron chi connectivity index (χ0n) is 15.1. The van der Waals surface area contributed by atoms with Crippen molar-refractivity contribution in [2.45, 2.75) is 10.9 Å². The highest BCUT2D eigenvalue weighted by molar-refractivity contribution is 7.98. The summed E-state index contributed by atoms with van der Waals surface area (Å²) in [6.07, 6.45) is 4.36. The van der Waals surface area contributed by atoms with Crippen molar-refractivity contribution in [2.24, 2.45) is 0 Å². The molecule has 0 saturated heterocycles. The number of rotatable bonds is 7. The van der Waals surface area contributed by atoms with Crippen LogP contribution < -0.4 is 19.6 Å². The molecule has 2 aromatic heterocycles. The molecule has 0 amide bonds. The van der Waals surface area contributed by atoms with Gasteiger partial charge in [0.15, 0.2) is 5.16 Å². The maximum absolute atomic E-state index is 12.4. The van der Waals surface area contributed by atoms with E-state index in [1.807, 2.05) is 0 Å². The van der Waals surface area contributed by atoms with Gasteiger partial charge in [0.05, 0.1) is 20.0 Å². The van der Waals surface area contributed by atoms with E-state index < -0.39 is 11.4 Å². The second-order valence-electron chi connectivity index (χ2n) is 5.35. The molecule has 144 valence electrons. The highest BCUT2D eigenvalue weighted by Gasteiger charge is 2.18. The van der Waals surface area contributed by atoms with Gasteiger partial charge in [-0.2, -0.15) is 0 Å². The van der Waals surface area contributed by atoms with Crippen molar-refractivity contribution in [3.8, 4) is 17.2 Å². The summed E-state index contributed by atoms with van der Waals surface area (Å²) in [5, 5.41) is 0.562. The van der Waals surface area contributed by atoms with Gasteiger partial charge in [-0.1, -0.05) is 11.8 Å². The third-order valence-corrected chi connectivity index (χ3v) is 4.47. The summed E-state index contributed by atoms with van der Waals surface area (Å²) in [5.41, 5.74) is -0.319. The Morgan fingerprint density at radius 2 is 1.89 bits per heavy atom. The Morgan fingerprint density at radius 3 is 2.57 bits per heavy atom. The molecule has 0 radical (unpaired) electrons. The number of hydrogen-bond acceptors (Lipinski definition) is 9. The van der Waals surface area contributed by atoms with Crippen LogP contribution >= 0.6 is 11.8 Å². The molecule has 0 unspecified atom stereocenters. The summed E-state index contributed by atoms with van der Waals surface area (Å²) < 4.78 is 20.8. The van der Waals surface area contributed by atoms with E-state index >= 15 is 0 Å². The third-order valence-electron chi connectivity index (χ3n) is 3.57. The minimum absolute atomic E-state index is 0.156. The van der Waals surface area contributed by atoms with Crippen molar-refractivity contribution in [3.05, 3.63) is 70.5 Å². The van der Waals surface area contributed by atoms with E-state index in [4.69, 9.17) is 18.6 Å². The van der Waals surface area contributed by atoms with Crippen molar-refractivity contribution in [3.63, 3.8) is 0 Å². The highest BCUT2D eigenvalue weighted by atomic mass is 32.2.